The number of nitrogens with zero attached hydrogens (tertiary/aromatic N) is 2. The Morgan fingerprint density at radius 3 is 2.19 bits per heavy atom. The summed E-state index contributed by atoms with van der Waals surface area (Å²) in [6, 6.07) is 17.8. The topological polar surface area (TPSA) is 59.6 Å². The SMILES string of the molecule is CC(C)c1ccc(CNc2ccc(C#N)c(C#N)c2)cc1. The van der Waals surface area contributed by atoms with Crippen LogP contribution in [0.2, 0.25) is 0 Å². The third-order valence-corrected chi connectivity index (χ3v) is 3.40. The predicted molar refractivity (Wildman–Crippen MR) is 83.7 cm³/mol. The lowest BCUT2D eigenvalue weighted by atomic mass is 10.0. The molecule has 0 atom stereocenters. The summed E-state index contributed by atoms with van der Waals surface area (Å²) in [6.45, 7) is 5.04. The summed E-state index contributed by atoms with van der Waals surface area (Å²) in [6.07, 6.45) is 0. The van der Waals surface area contributed by atoms with Crippen molar-refractivity contribution < 1.29 is 0 Å². The van der Waals surface area contributed by atoms with Gasteiger partial charge in [-0.2, -0.15) is 10.5 Å². The summed E-state index contributed by atoms with van der Waals surface area (Å²) >= 11 is 0. The second kappa shape index (κ2) is 6.59. The smallest absolute Gasteiger partial charge is 0.101 e. The molecule has 0 aromatic heterocycles. The monoisotopic (exact) mass is 275 g/mol. The van der Waals surface area contributed by atoms with Crippen molar-refractivity contribution in [3.63, 3.8) is 0 Å². The minimum absolute atomic E-state index is 0.401. The second-order valence-electron chi connectivity index (χ2n) is 5.23. The summed E-state index contributed by atoms with van der Waals surface area (Å²) in [5.74, 6) is 0.531. The van der Waals surface area contributed by atoms with E-state index in [1.807, 2.05) is 18.2 Å². The Kier molecular flexibility index (Phi) is 4.59. The van der Waals surface area contributed by atoms with E-state index in [9.17, 15) is 0 Å². The molecular weight excluding hydrogens is 258 g/mol. The minimum atomic E-state index is 0.401. The van der Waals surface area contributed by atoms with Crippen molar-refractivity contribution in [2.24, 2.45) is 0 Å². The highest BCUT2D eigenvalue weighted by Crippen LogP contribution is 2.17. The zero-order valence-electron chi connectivity index (χ0n) is 12.2. The van der Waals surface area contributed by atoms with Crippen LogP contribution in [0.25, 0.3) is 0 Å². The van der Waals surface area contributed by atoms with E-state index in [0.29, 0.717) is 23.6 Å². The van der Waals surface area contributed by atoms with Crippen LogP contribution < -0.4 is 5.32 Å². The van der Waals surface area contributed by atoms with Crippen LogP contribution in [0.3, 0.4) is 0 Å². The van der Waals surface area contributed by atoms with Crippen LogP contribution in [0.5, 0.6) is 0 Å². The Labute approximate surface area is 125 Å². The molecule has 0 unspecified atom stereocenters. The highest BCUT2D eigenvalue weighted by Gasteiger charge is 2.03. The lowest BCUT2D eigenvalue weighted by Gasteiger charge is -2.09. The van der Waals surface area contributed by atoms with Gasteiger partial charge in [0, 0.05) is 12.2 Å². The molecule has 0 saturated carbocycles. The predicted octanol–water partition coefficient (Wildman–Crippen LogP) is 4.17. The lowest BCUT2D eigenvalue weighted by Crippen LogP contribution is -2.00. The maximum absolute atomic E-state index is 9.01. The van der Waals surface area contributed by atoms with Crippen molar-refractivity contribution in [2.75, 3.05) is 5.32 Å². The molecule has 3 nitrogen and oxygen atoms in total. The van der Waals surface area contributed by atoms with Gasteiger partial charge in [-0.15, -0.1) is 0 Å². The van der Waals surface area contributed by atoms with E-state index in [-0.39, 0.29) is 0 Å². The zero-order chi connectivity index (χ0) is 15.2. The van der Waals surface area contributed by atoms with Gasteiger partial charge in [-0.1, -0.05) is 38.1 Å². The standard InChI is InChI=1S/C18H17N3/c1-13(2)15-5-3-14(4-6-15)12-21-18-8-7-16(10-19)17(9-18)11-20/h3-9,13,21H,12H2,1-2H3. The molecule has 3 heteroatoms. The van der Waals surface area contributed by atoms with Gasteiger partial charge in [-0.25, -0.2) is 0 Å². The molecule has 0 radical (unpaired) electrons. The zero-order valence-corrected chi connectivity index (χ0v) is 12.2. The number of benzene rings is 2. The summed E-state index contributed by atoms with van der Waals surface area (Å²) in [5, 5.41) is 21.2. The molecular formula is C18H17N3. The molecule has 0 heterocycles. The van der Waals surface area contributed by atoms with Gasteiger partial charge in [0.05, 0.1) is 11.1 Å². The Bertz CT molecular complexity index is 701. The lowest BCUT2D eigenvalue weighted by molar-refractivity contribution is 0.865. The average molecular weight is 275 g/mol. The maximum atomic E-state index is 9.01. The number of hydrogen-bond acceptors (Lipinski definition) is 3. The molecule has 0 spiro atoms. The van der Waals surface area contributed by atoms with Gasteiger partial charge in [0.1, 0.15) is 12.1 Å². The Balaban J connectivity index is 2.06. The molecule has 0 bridgehead atoms. The van der Waals surface area contributed by atoms with Crippen molar-refractivity contribution in [3.8, 4) is 12.1 Å². The van der Waals surface area contributed by atoms with Crippen LogP contribution >= 0.6 is 0 Å². The largest absolute Gasteiger partial charge is 0.381 e. The summed E-state index contributed by atoms with van der Waals surface area (Å²) in [7, 11) is 0. The van der Waals surface area contributed by atoms with Crippen molar-refractivity contribution in [2.45, 2.75) is 26.3 Å². The highest BCUT2D eigenvalue weighted by molar-refractivity contribution is 5.56. The number of nitriles is 2. The van der Waals surface area contributed by atoms with Crippen molar-refractivity contribution >= 4 is 5.69 Å². The summed E-state index contributed by atoms with van der Waals surface area (Å²) in [5.41, 5.74) is 4.16. The molecule has 0 aliphatic heterocycles. The number of anilines is 1. The van der Waals surface area contributed by atoms with E-state index in [0.717, 1.165) is 5.69 Å². The van der Waals surface area contributed by atoms with Crippen LogP contribution in [0, 0.1) is 22.7 Å². The quantitative estimate of drug-likeness (QED) is 0.911. The van der Waals surface area contributed by atoms with E-state index in [2.05, 4.69) is 43.4 Å². The molecule has 2 aromatic carbocycles. The molecule has 0 aliphatic carbocycles. The van der Waals surface area contributed by atoms with Gasteiger partial charge in [0.2, 0.25) is 0 Å². The van der Waals surface area contributed by atoms with Gasteiger partial charge in [-0.3, -0.25) is 0 Å². The van der Waals surface area contributed by atoms with Crippen LogP contribution in [0.4, 0.5) is 5.69 Å². The van der Waals surface area contributed by atoms with Crippen molar-refractivity contribution in [1.82, 2.24) is 0 Å². The summed E-state index contributed by atoms with van der Waals surface area (Å²) < 4.78 is 0. The van der Waals surface area contributed by atoms with Crippen LogP contribution in [-0.4, -0.2) is 0 Å². The number of rotatable bonds is 4. The van der Waals surface area contributed by atoms with Gasteiger partial charge in [-0.05, 0) is 35.2 Å². The number of hydrogen-bond donors (Lipinski definition) is 1. The molecule has 0 aliphatic rings. The molecule has 0 saturated heterocycles. The van der Waals surface area contributed by atoms with Crippen LogP contribution in [-0.2, 0) is 6.54 Å². The Morgan fingerprint density at radius 2 is 1.62 bits per heavy atom. The fourth-order valence-electron chi connectivity index (χ4n) is 2.07. The van der Waals surface area contributed by atoms with E-state index >= 15 is 0 Å². The third kappa shape index (κ3) is 3.61. The molecule has 0 amide bonds. The average Bonchev–Trinajstić information content (AvgIpc) is 2.52. The fourth-order valence-corrected chi connectivity index (χ4v) is 2.07. The first-order valence-corrected chi connectivity index (χ1v) is 6.91. The first-order chi connectivity index (χ1) is 10.1. The molecule has 2 aromatic rings. The van der Waals surface area contributed by atoms with Crippen LogP contribution in [0.1, 0.15) is 42.0 Å². The number of nitrogens with one attached hydrogen (secondary N) is 1. The molecule has 21 heavy (non-hydrogen) atoms. The van der Waals surface area contributed by atoms with Gasteiger partial charge in [0.25, 0.3) is 0 Å². The molecule has 2 rings (SSSR count). The first-order valence-electron chi connectivity index (χ1n) is 6.91. The Hall–Kier alpha value is -2.78. The van der Waals surface area contributed by atoms with Crippen molar-refractivity contribution in [1.29, 1.82) is 10.5 Å². The second-order valence-corrected chi connectivity index (χ2v) is 5.23. The summed E-state index contributed by atoms with van der Waals surface area (Å²) in [4.78, 5) is 0. The van der Waals surface area contributed by atoms with Crippen LogP contribution in [0.15, 0.2) is 42.5 Å². The highest BCUT2D eigenvalue weighted by atomic mass is 14.9. The Morgan fingerprint density at radius 1 is 0.952 bits per heavy atom. The van der Waals surface area contributed by atoms with E-state index in [1.54, 1.807) is 12.1 Å². The third-order valence-electron chi connectivity index (χ3n) is 3.40. The molecule has 0 fully saturated rings. The maximum Gasteiger partial charge on any atom is 0.101 e. The molecule has 104 valence electrons. The van der Waals surface area contributed by atoms with E-state index in [4.69, 9.17) is 10.5 Å². The van der Waals surface area contributed by atoms with Gasteiger partial charge < -0.3 is 5.32 Å². The normalized spacial score (nSPS) is 9.95. The van der Waals surface area contributed by atoms with Gasteiger partial charge in [0.15, 0.2) is 0 Å². The fraction of sp³-hybridized carbons (Fsp3) is 0.222. The van der Waals surface area contributed by atoms with E-state index < -0.39 is 0 Å². The van der Waals surface area contributed by atoms with E-state index in [1.165, 1.54) is 11.1 Å². The van der Waals surface area contributed by atoms with Crippen molar-refractivity contribution in [3.05, 3.63) is 64.7 Å². The first kappa shape index (κ1) is 14.6. The minimum Gasteiger partial charge on any atom is -0.381 e. The van der Waals surface area contributed by atoms with Gasteiger partial charge >= 0.3 is 0 Å². The molecule has 1 N–H and O–H groups in total.